The number of ketones is 1. The number of phenols is 1. The summed E-state index contributed by atoms with van der Waals surface area (Å²) in [6, 6.07) is 18.8. The molecule has 0 aromatic heterocycles. The van der Waals surface area contributed by atoms with Crippen LogP contribution >= 0.6 is 0 Å². The summed E-state index contributed by atoms with van der Waals surface area (Å²) in [6.45, 7) is 6.07. The Balaban J connectivity index is 1.92. The zero-order valence-electron chi connectivity index (χ0n) is 19.4. The van der Waals surface area contributed by atoms with Gasteiger partial charge >= 0.3 is 0 Å². The molecule has 1 amide bonds. The van der Waals surface area contributed by atoms with Gasteiger partial charge in [0, 0.05) is 12.1 Å². The monoisotopic (exact) mass is 457 g/mol. The van der Waals surface area contributed by atoms with Crippen LogP contribution < -0.4 is 4.74 Å². The van der Waals surface area contributed by atoms with Crippen molar-refractivity contribution in [3.05, 3.63) is 100 Å². The molecule has 1 saturated heterocycles. The molecule has 1 aliphatic heterocycles. The lowest BCUT2D eigenvalue weighted by molar-refractivity contribution is -0.140. The lowest BCUT2D eigenvalue weighted by atomic mass is 9.93. The highest BCUT2D eigenvalue weighted by Crippen LogP contribution is 2.43. The predicted molar refractivity (Wildman–Crippen MR) is 129 cm³/mol. The van der Waals surface area contributed by atoms with Crippen LogP contribution in [0.2, 0.25) is 0 Å². The number of carbonyl (C=O) groups excluding carboxylic acids is 2. The van der Waals surface area contributed by atoms with Gasteiger partial charge in [0.25, 0.3) is 11.7 Å². The minimum absolute atomic E-state index is 0.0165. The third-order valence-electron chi connectivity index (χ3n) is 5.98. The summed E-state index contributed by atoms with van der Waals surface area (Å²) < 4.78 is 5.54. The van der Waals surface area contributed by atoms with Crippen molar-refractivity contribution >= 4 is 17.4 Å². The molecule has 0 radical (unpaired) electrons. The van der Waals surface area contributed by atoms with Crippen LogP contribution in [0.15, 0.2) is 72.3 Å². The molecule has 6 heteroatoms. The Bertz CT molecular complexity index is 1280. The fourth-order valence-electron chi connectivity index (χ4n) is 4.28. The van der Waals surface area contributed by atoms with Crippen LogP contribution in [0.4, 0.5) is 0 Å². The molecule has 174 valence electrons. The SMILES string of the molecule is CCOc1cc(C2/C(=C(\O)c3cc(C)ccc3C)C(=O)C(=O)N2Cc2ccccc2)ccc1O. The first-order valence-corrected chi connectivity index (χ1v) is 11.2. The molecule has 0 saturated carbocycles. The molecule has 3 aromatic rings. The van der Waals surface area contributed by atoms with Crippen molar-refractivity contribution in [1.82, 2.24) is 4.90 Å². The average molecular weight is 458 g/mol. The van der Waals surface area contributed by atoms with Gasteiger partial charge in [-0.25, -0.2) is 0 Å². The Morgan fingerprint density at radius 3 is 2.44 bits per heavy atom. The van der Waals surface area contributed by atoms with Crippen molar-refractivity contribution in [1.29, 1.82) is 0 Å². The number of aliphatic hydroxyl groups is 1. The van der Waals surface area contributed by atoms with Crippen molar-refractivity contribution in [3.8, 4) is 11.5 Å². The number of aryl methyl sites for hydroxylation is 2. The highest BCUT2D eigenvalue weighted by atomic mass is 16.5. The van der Waals surface area contributed by atoms with Crippen LogP contribution in [0.1, 0.15) is 40.8 Å². The first-order chi connectivity index (χ1) is 16.3. The van der Waals surface area contributed by atoms with Gasteiger partial charge in [0.1, 0.15) is 5.76 Å². The molecule has 1 heterocycles. The van der Waals surface area contributed by atoms with Gasteiger partial charge in [-0.05, 0) is 55.7 Å². The number of benzene rings is 3. The largest absolute Gasteiger partial charge is 0.507 e. The van der Waals surface area contributed by atoms with Crippen molar-refractivity contribution in [2.24, 2.45) is 0 Å². The van der Waals surface area contributed by atoms with Gasteiger partial charge < -0.3 is 19.8 Å². The summed E-state index contributed by atoms with van der Waals surface area (Å²) in [6.07, 6.45) is 0. The van der Waals surface area contributed by atoms with E-state index in [0.29, 0.717) is 17.7 Å². The molecular weight excluding hydrogens is 430 g/mol. The Morgan fingerprint density at radius 2 is 1.74 bits per heavy atom. The standard InChI is InChI=1S/C28H27NO5/c1-4-34-23-15-20(12-13-22(23)30)25-24(26(31)21-14-17(2)10-11-18(21)3)27(32)28(33)29(25)16-19-8-6-5-7-9-19/h5-15,25,30-31H,4,16H2,1-3H3/b26-24+. The van der Waals surface area contributed by atoms with Gasteiger partial charge in [-0.3, -0.25) is 9.59 Å². The summed E-state index contributed by atoms with van der Waals surface area (Å²) in [5.74, 6) is -1.44. The number of aliphatic hydroxyl groups excluding tert-OH is 1. The number of ether oxygens (including phenoxy) is 1. The highest BCUT2D eigenvalue weighted by molar-refractivity contribution is 6.46. The Morgan fingerprint density at radius 1 is 1.00 bits per heavy atom. The fourth-order valence-corrected chi connectivity index (χ4v) is 4.28. The van der Waals surface area contributed by atoms with E-state index >= 15 is 0 Å². The van der Waals surface area contributed by atoms with E-state index in [1.165, 1.54) is 11.0 Å². The Hall–Kier alpha value is -4.06. The number of carbonyl (C=O) groups is 2. The smallest absolute Gasteiger partial charge is 0.295 e. The van der Waals surface area contributed by atoms with Gasteiger partial charge in [0.05, 0.1) is 18.2 Å². The van der Waals surface area contributed by atoms with E-state index in [1.807, 2.05) is 56.3 Å². The van der Waals surface area contributed by atoms with E-state index in [0.717, 1.165) is 16.7 Å². The van der Waals surface area contributed by atoms with Crippen LogP contribution in [-0.2, 0) is 16.1 Å². The van der Waals surface area contributed by atoms with Gasteiger partial charge in [0.15, 0.2) is 11.5 Å². The molecule has 1 unspecified atom stereocenters. The van der Waals surface area contributed by atoms with E-state index in [2.05, 4.69) is 0 Å². The lowest BCUT2D eigenvalue weighted by Crippen LogP contribution is -2.29. The third-order valence-corrected chi connectivity index (χ3v) is 5.98. The maximum Gasteiger partial charge on any atom is 0.295 e. The normalized spacial score (nSPS) is 17.3. The van der Waals surface area contributed by atoms with Crippen molar-refractivity contribution < 1.29 is 24.5 Å². The minimum Gasteiger partial charge on any atom is -0.507 e. The molecule has 0 bridgehead atoms. The quantitative estimate of drug-likeness (QED) is 0.308. The summed E-state index contributed by atoms with van der Waals surface area (Å²) >= 11 is 0. The number of phenolic OH excluding ortho intramolecular Hbond substituents is 1. The summed E-state index contributed by atoms with van der Waals surface area (Å²) in [5.41, 5.74) is 3.64. The zero-order chi connectivity index (χ0) is 24.4. The maximum absolute atomic E-state index is 13.3. The molecular formula is C28H27NO5. The number of rotatable bonds is 6. The van der Waals surface area contributed by atoms with E-state index < -0.39 is 17.7 Å². The molecule has 6 nitrogen and oxygen atoms in total. The second-order valence-corrected chi connectivity index (χ2v) is 8.39. The number of hydrogen-bond donors (Lipinski definition) is 2. The first-order valence-electron chi connectivity index (χ1n) is 11.2. The van der Waals surface area contributed by atoms with E-state index in [-0.39, 0.29) is 29.4 Å². The number of aromatic hydroxyl groups is 1. The topological polar surface area (TPSA) is 87.1 Å². The number of hydrogen-bond acceptors (Lipinski definition) is 5. The Labute approximate surface area is 198 Å². The van der Waals surface area contributed by atoms with E-state index in [1.54, 1.807) is 25.1 Å². The average Bonchev–Trinajstić information content (AvgIpc) is 3.07. The molecule has 0 spiro atoms. The number of Topliss-reactive ketones (excluding diaryl/α,β-unsaturated/α-hetero) is 1. The minimum atomic E-state index is -0.847. The molecule has 4 rings (SSSR count). The van der Waals surface area contributed by atoms with E-state index in [4.69, 9.17) is 4.74 Å². The number of likely N-dealkylation sites (tertiary alicyclic amines) is 1. The lowest BCUT2D eigenvalue weighted by Gasteiger charge is -2.26. The fraction of sp³-hybridized carbons (Fsp3) is 0.214. The van der Waals surface area contributed by atoms with Crippen molar-refractivity contribution in [2.75, 3.05) is 6.61 Å². The number of nitrogens with zero attached hydrogens (tertiary/aromatic N) is 1. The molecule has 0 aliphatic carbocycles. The van der Waals surface area contributed by atoms with Crippen molar-refractivity contribution in [3.63, 3.8) is 0 Å². The molecule has 3 aromatic carbocycles. The van der Waals surface area contributed by atoms with Crippen LogP contribution in [-0.4, -0.2) is 33.4 Å². The van der Waals surface area contributed by atoms with Crippen LogP contribution in [0.3, 0.4) is 0 Å². The first kappa shape index (κ1) is 23.1. The van der Waals surface area contributed by atoms with Gasteiger partial charge in [0.2, 0.25) is 0 Å². The zero-order valence-corrected chi connectivity index (χ0v) is 19.4. The van der Waals surface area contributed by atoms with Crippen LogP contribution in [0, 0.1) is 13.8 Å². The van der Waals surface area contributed by atoms with Crippen LogP contribution in [0.25, 0.3) is 5.76 Å². The molecule has 1 atom stereocenters. The highest BCUT2D eigenvalue weighted by Gasteiger charge is 2.46. The van der Waals surface area contributed by atoms with Crippen LogP contribution in [0.5, 0.6) is 11.5 Å². The second-order valence-electron chi connectivity index (χ2n) is 8.39. The summed E-state index contributed by atoms with van der Waals surface area (Å²) in [7, 11) is 0. The number of amides is 1. The van der Waals surface area contributed by atoms with Crippen molar-refractivity contribution in [2.45, 2.75) is 33.4 Å². The van der Waals surface area contributed by atoms with Gasteiger partial charge in [-0.2, -0.15) is 0 Å². The molecule has 1 fully saturated rings. The second kappa shape index (κ2) is 9.43. The Kier molecular flexibility index (Phi) is 6.41. The molecule has 2 N–H and O–H groups in total. The summed E-state index contributed by atoms with van der Waals surface area (Å²) in [5, 5.41) is 21.6. The predicted octanol–water partition coefficient (Wildman–Crippen LogP) is 5.03. The summed E-state index contributed by atoms with van der Waals surface area (Å²) in [4.78, 5) is 28.0. The van der Waals surface area contributed by atoms with E-state index in [9.17, 15) is 19.8 Å². The molecule has 34 heavy (non-hydrogen) atoms. The third kappa shape index (κ3) is 4.27. The van der Waals surface area contributed by atoms with Gasteiger partial charge in [-0.15, -0.1) is 0 Å². The maximum atomic E-state index is 13.3. The molecule has 1 aliphatic rings. The van der Waals surface area contributed by atoms with Gasteiger partial charge in [-0.1, -0.05) is 54.1 Å².